The summed E-state index contributed by atoms with van der Waals surface area (Å²) in [4.78, 5) is 11.9. The van der Waals surface area contributed by atoms with E-state index < -0.39 is 6.10 Å². The number of carbonyl (C=O) groups excluding carboxylic acids is 1. The van der Waals surface area contributed by atoms with Crippen molar-refractivity contribution in [1.29, 1.82) is 0 Å². The maximum Gasteiger partial charge on any atom is 0.223 e. The molecule has 3 nitrogen and oxygen atoms in total. The lowest BCUT2D eigenvalue weighted by Crippen LogP contribution is -2.44. The lowest BCUT2D eigenvalue weighted by molar-refractivity contribution is -0.126. The highest BCUT2D eigenvalue weighted by atomic mass is 16.3. The van der Waals surface area contributed by atoms with Crippen LogP contribution in [0.15, 0.2) is 0 Å². The third kappa shape index (κ3) is 5.07. The second kappa shape index (κ2) is 7.00. The van der Waals surface area contributed by atoms with Crippen LogP contribution in [-0.2, 0) is 4.79 Å². The van der Waals surface area contributed by atoms with Gasteiger partial charge in [0.15, 0.2) is 0 Å². The van der Waals surface area contributed by atoms with Crippen LogP contribution in [0, 0.1) is 17.3 Å². The maximum atomic E-state index is 11.9. The Morgan fingerprint density at radius 2 is 1.71 bits per heavy atom. The number of nitrogens with one attached hydrogen (secondary N) is 1. The zero-order valence-electron chi connectivity index (χ0n) is 12.2. The molecule has 0 aromatic heterocycles. The van der Waals surface area contributed by atoms with Crippen LogP contribution in [0.5, 0.6) is 0 Å². The van der Waals surface area contributed by atoms with Crippen molar-refractivity contribution >= 4 is 5.91 Å². The molecule has 0 heterocycles. The van der Waals surface area contributed by atoms with Gasteiger partial charge in [-0.15, -0.1) is 0 Å². The lowest BCUT2D eigenvalue weighted by Gasteiger charge is -2.33. The Labute approximate surface area is 106 Å². The van der Waals surface area contributed by atoms with Gasteiger partial charge >= 0.3 is 0 Å². The van der Waals surface area contributed by atoms with Gasteiger partial charge < -0.3 is 10.4 Å². The van der Waals surface area contributed by atoms with Gasteiger partial charge in [-0.1, -0.05) is 41.5 Å². The number of hydrogen-bond acceptors (Lipinski definition) is 2. The van der Waals surface area contributed by atoms with Gasteiger partial charge in [0.1, 0.15) is 0 Å². The minimum absolute atomic E-state index is 0.0991. The van der Waals surface area contributed by atoms with E-state index in [1.165, 1.54) is 0 Å². The van der Waals surface area contributed by atoms with Crippen molar-refractivity contribution in [2.75, 3.05) is 6.54 Å². The van der Waals surface area contributed by atoms with Crippen LogP contribution in [0.3, 0.4) is 0 Å². The van der Waals surface area contributed by atoms with Crippen LogP contribution in [0.2, 0.25) is 0 Å². The van der Waals surface area contributed by atoms with Crippen LogP contribution < -0.4 is 5.32 Å². The molecule has 0 bridgehead atoms. The summed E-state index contributed by atoms with van der Waals surface area (Å²) in [7, 11) is 0. The van der Waals surface area contributed by atoms with Gasteiger partial charge in [0.2, 0.25) is 5.91 Å². The van der Waals surface area contributed by atoms with Gasteiger partial charge in [0.05, 0.1) is 6.10 Å². The van der Waals surface area contributed by atoms with Crippen molar-refractivity contribution in [3.63, 3.8) is 0 Å². The standard InChI is InChI=1S/C14H29NO2/c1-7-11(8-2)13(17)15-9-14(5,6)12(16)10(3)4/h10-12,16H,7-9H2,1-6H3,(H,15,17). The van der Waals surface area contributed by atoms with Gasteiger partial charge in [-0.3, -0.25) is 4.79 Å². The Morgan fingerprint density at radius 3 is 2.06 bits per heavy atom. The second-order valence-electron chi connectivity index (χ2n) is 5.91. The molecule has 0 spiro atoms. The molecule has 17 heavy (non-hydrogen) atoms. The zero-order valence-corrected chi connectivity index (χ0v) is 12.2. The molecular weight excluding hydrogens is 214 g/mol. The van der Waals surface area contributed by atoms with Gasteiger partial charge in [0, 0.05) is 17.9 Å². The van der Waals surface area contributed by atoms with Crippen LogP contribution in [-0.4, -0.2) is 23.7 Å². The van der Waals surface area contributed by atoms with E-state index in [1.54, 1.807) is 0 Å². The molecule has 0 aliphatic rings. The molecular formula is C14H29NO2. The molecule has 0 saturated carbocycles. The molecule has 0 aliphatic carbocycles. The zero-order chi connectivity index (χ0) is 13.6. The largest absolute Gasteiger partial charge is 0.392 e. The number of rotatable bonds is 7. The van der Waals surface area contributed by atoms with Crippen LogP contribution in [0.4, 0.5) is 0 Å². The minimum atomic E-state index is -0.399. The molecule has 0 saturated heterocycles. The third-order valence-corrected chi connectivity index (χ3v) is 3.51. The first-order chi connectivity index (χ1) is 7.76. The summed E-state index contributed by atoms with van der Waals surface area (Å²) in [5, 5.41) is 13.0. The van der Waals surface area contributed by atoms with Crippen molar-refractivity contribution in [3.05, 3.63) is 0 Å². The molecule has 0 rings (SSSR count). The molecule has 2 N–H and O–H groups in total. The Hall–Kier alpha value is -0.570. The number of carbonyl (C=O) groups is 1. The normalized spacial score (nSPS) is 14.2. The smallest absolute Gasteiger partial charge is 0.223 e. The fourth-order valence-corrected chi connectivity index (χ4v) is 2.13. The molecule has 3 heteroatoms. The summed E-state index contributed by atoms with van der Waals surface area (Å²) < 4.78 is 0. The highest BCUT2D eigenvalue weighted by molar-refractivity contribution is 5.78. The van der Waals surface area contributed by atoms with Crippen molar-refractivity contribution < 1.29 is 9.90 Å². The maximum absolute atomic E-state index is 11.9. The first-order valence-electron chi connectivity index (χ1n) is 6.72. The first kappa shape index (κ1) is 16.4. The van der Waals surface area contributed by atoms with Gasteiger partial charge in [-0.05, 0) is 18.8 Å². The summed E-state index contributed by atoms with van der Waals surface area (Å²) in [6.07, 6.45) is 1.34. The Morgan fingerprint density at radius 1 is 1.24 bits per heavy atom. The van der Waals surface area contributed by atoms with E-state index in [0.717, 1.165) is 12.8 Å². The van der Waals surface area contributed by atoms with Gasteiger partial charge in [0.25, 0.3) is 0 Å². The van der Waals surface area contributed by atoms with E-state index in [9.17, 15) is 9.90 Å². The monoisotopic (exact) mass is 243 g/mol. The lowest BCUT2D eigenvalue weighted by atomic mass is 9.80. The SMILES string of the molecule is CCC(CC)C(=O)NCC(C)(C)C(O)C(C)C. The molecule has 0 radical (unpaired) electrons. The van der Waals surface area contributed by atoms with E-state index in [1.807, 2.05) is 41.5 Å². The topological polar surface area (TPSA) is 49.3 Å². The summed E-state index contributed by atoms with van der Waals surface area (Å²) in [5.74, 6) is 0.413. The van der Waals surface area contributed by atoms with Crippen molar-refractivity contribution in [2.24, 2.45) is 17.3 Å². The van der Waals surface area contributed by atoms with Crippen LogP contribution in [0.1, 0.15) is 54.4 Å². The number of aliphatic hydroxyl groups is 1. The summed E-state index contributed by atoms with van der Waals surface area (Å²) in [5.41, 5.74) is -0.282. The predicted molar refractivity (Wildman–Crippen MR) is 71.7 cm³/mol. The average Bonchev–Trinajstić information content (AvgIpc) is 2.27. The Bertz CT molecular complexity index is 232. The highest BCUT2D eigenvalue weighted by Crippen LogP contribution is 2.25. The first-order valence-corrected chi connectivity index (χ1v) is 6.72. The minimum Gasteiger partial charge on any atom is -0.392 e. The van der Waals surface area contributed by atoms with Crippen molar-refractivity contribution in [3.8, 4) is 0 Å². The van der Waals surface area contributed by atoms with Gasteiger partial charge in [-0.25, -0.2) is 0 Å². The van der Waals surface area contributed by atoms with E-state index >= 15 is 0 Å². The highest BCUT2D eigenvalue weighted by Gasteiger charge is 2.31. The Kier molecular flexibility index (Phi) is 6.76. The molecule has 1 atom stereocenters. The molecule has 1 amide bonds. The quantitative estimate of drug-likeness (QED) is 0.722. The third-order valence-electron chi connectivity index (χ3n) is 3.51. The molecule has 0 aromatic rings. The second-order valence-corrected chi connectivity index (χ2v) is 5.91. The fourth-order valence-electron chi connectivity index (χ4n) is 2.13. The number of hydrogen-bond donors (Lipinski definition) is 2. The molecule has 0 aliphatic heterocycles. The van der Waals surface area contributed by atoms with E-state index in [2.05, 4.69) is 5.32 Å². The molecule has 0 fully saturated rings. The van der Waals surface area contributed by atoms with Gasteiger partial charge in [-0.2, -0.15) is 0 Å². The summed E-state index contributed by atoms with van der Waals surface area (Å²) in [6, 6.07) is 0. The van der Waals surface area contributed by atoms with E-state index in [4.69, 9.17) is 0 Å². The van der Waals surface area contributed by atoms with Crippen molar-refractivity contribution in [2.45, 2.75) is 60.5 Å². The van der Waals surface area contributed by atoms with Crippen LogP contribution >= 0.6 is 0 Å². The molecule has 1 unspecified atom stereocenters. The summed E-state index contributed by atoms with van der Waals surface area (Å²) in [6.45, 7) is 12.6. The van der Waals surface area contributed by atoms with E-state index in [0.29, 0.717) is 6.54 Å². The number of aliphatic hydroxyl groups excluding tert-OH is 1. The van der Waals surface area contributed by atoms with Crippen molar-refractivity contribution in [1.82, 2.24) is 5.32 Å². The summed E-state index contributed by atoms with van der Waals surface area (Å²) >= 11 is 0. The average molecular weight is 243 g/mol. The predicted octanol–water partition coefficient (Wildman–Crippen LogP) is 2.58. The van der Waals surface area contributed by atoms with Crippen LogP contribution in [0.25, 0.3) is 0 Å². The van der Waals surface area contributed by atoms with E-state index in [-0.39, 0.29) is 23.2 Å². The molecule has 102 valence electrons. The Balaban J connectivity index is 4.31. The number of amides is 1. The fraction of sp³-hybridized carbons (Fsp3) is 0.929. The molecule has 0 aromatic carbocycles.